The van der Waals surface area contributed by atoms with Crippen molar-refractivity contribution in [1.82, 2.24) is 25.1 Å². The zero-order valence-corrected chi connectivity index (χ0v) is 25.1. The molecule has 1 aromatic heterocycles. The van der Waals surface area contributed by atoms with Crippen molar-refractivity contribution in [2.75, 3.05) is 29.4 Å². The molecule has 0 saturated carbocycles. The Hall–Kier alpha value is -4.25. The van der Waals surface area contributed by atoms with Gasteiger partial charge >= 0.3 is 24.6 Å². The van der Waals surface area contributed by atoms with E-state index in [0.29, 0.717) is 37.0 Å². The first-order valence-electron chi connectivity index (χ1n) is 14.6. The molecule has 9 nitrogen and oxygen atoms in total. The Morgan fingerprint density at radius 2 is 1.55 bits per heavy atom. The summed E-state index contributed by atoms with van der Waals surface area (Å²) in [5, 5.41) is 21.5. The summed E-state index contributed by atoms with van der Waals surface area (Å²) in [5.41, 5.74) is -4.07. The molecule has 2 aromatic carbocycles. The van der Waals surface area contributed by atoms with E-state index in [0.717, 1.165) is 10.9 Å². The average Bonchev–Trinajstić information content (AvgIpc) is 3.57. The summed E-state index contributed by atoms with van der Waals surface area (Å²) in [5.74, 6) is -0.159. The van der Waals surface area contributed by atoms with Gasteiger partial charge in [-0.05, 0) is 78.8 Å². The van der Waals surface area contributed by atoms with Gasteiger partial charge in [0.2, 0.25) is 0 Å². The van der Waals surface area contributed by atoms with Gasteiger partial charge in [-0.25, -0.2) is 4.79 Å². The predicted molar refractivity (Wildman–Crippen MR) is 150 cm³/mol. The fraction of sp³-hybridized carbons (Fsp3) is 0.517. The molecule has 256 valence electrons. The fourth-order valence-corrected chi connectivity index (χ4v) is 6.38. The number of nitrogens with zero attached hydrogens (tertiary/aromatic N) is 7. The topological polar surface area (TPSA) is 90.6 Å². The maximum Gasteiger partial charge on any atom is 0.416 e. The lowest BCUT2D eigenvalue weighted by atomic mass is 9.94. The maximum absolute atomic E-state index is 14.2. The first-order valence-corrected chi connectivity index (χ1v) is 14.6. The fourth-order valence-electron chi connectivity index (χ4n) is 6.38. The molecule has 1 N–H and O–H groups in total. The number of carbonyl (C=O) groups is 1. The van der Waals surface area contributed by atoms with E-state index in [1.165, 1.54) is 29.8 Å². The summed E-state index contributed by atoms with van der Waals surface area (Å²) < 4.78 is 125. The molecule has 2 atom stereocenters. The second-order valence-corrected chi connectivity index (χ2v) is 11.7. The Balaban J connectivity index is 1.65. The Morgan fingerprint density at radius 3 is 2.11 bits per heavy atom. The van der Waals surface area contributed by atoms with Crippen molar-refractivity contribution < 1.29 is 49.4 Å². The largest absolute Gasteiger partial charge is 0.465 e. The first-order chi connectivity index (χ1) is 21.8. The monoisotopic (exact) mass is 679 g/mol. The zero-order valence-electron chi connectivity index (χ0n) is 25.1. The van der Waals surface area contributed by atoms with Gasteiger partial charge in [0, 0.05) is 31.9 Å². The molecule has 0 spiro atoms. The number of halogens is 9. The van der Waals surface area contributed by atoms with E-state index < -0.39 is 59.9 Å². The van der Waals surface area contributed by atoms with Crippen molar-refractivity contribution in [2.45, 2.75) is 69.8 Å². The molecule has 2 aliphatic rings. The summed E-state index contributed by atoms with van der Waals surface area (Å²) in [6.07, 6.45) is -14.5. The van der Waals surface area contributed by atoms with Crippen LogP contribution in [0, 0.1) is 6.92 Å². The van der Waals surface area contributed by atoms with Crippen molar-refractivity contribution in [1.29, 1.82) is 0 Å². The van der Waals surface area contributed by atoms with Crippen LogP contribution in [0.3, 0.4) is 0 Å². The van der Waals surface area contributed by atoms with Crippen molar-refractivity contribution in [3.8, 4) is 0 Å². The van der Waals surface area contributed by atoms with Crippen LogP contribution in [-0.4, -0.2) is 62.0 Å². The van der Waals surface area contributed by atoms with Gasteiger partial charge in [-0.1, -0.05) is 11.2 Å². The molecule has 2 aliphatic heterocycles. The Bertz CT molecular complexity index is 1590. The molecule has 0 aliphatic carbocycles. The Kier molecular flexibility index (Phi) is 9.00. The van der Waals surface area contributed by atoms with Gasteiger partial charge < -0.3 is 19.8 Å². The number of tetrazole rings is 1. The minimum Gasteiger partial charge on any atom is -0.465 e. The van der Waals surface area contributed by atoms with Crippen LogP contribution in [0.4, 0.5) is 55.9 Å². The minimum absolute atomic E-state index is 0.0126. The van der Waals surface area contributed by atoms with E-state index in [4.69, 9.17) is 0 Å². The number of hydrogen-bond acceptors (Lipinski definition) is 6. The number of carboxylic acid groups (broad SMARTS) is 1. The highest BCUT2D eigenvalue weighted by atomic mass is 19.4. The van der Waals surface area contributed by atoms with Crippen molar-refractivity contribution in [3.05, 3.63) is 63.7 Å². The Labute approximate surface area is 262 Å². The summed E-state index contributed by atoms with van der Waals surface area (Å²) >= 11 is 0. The van der Waals surface area contributed by atoms with E-state index >= 15 is 0 Å². The number of amides is 1. The van der Waals surface area contributed by atoms with E-state index in [2.05, 4.69) is 15.4 Å². The number of anilines is 2. The quantitative estimate of drug-likeness (QED) is 0.279. The molecule has 1 unspecified atom stereocenters. The number of aromatic nitrogens is 4. The molecule has 0 radical (unpaired) electrons. The summed E-state index contributed by atoms with van der Waals surface area (Å²) in [7, 11) is 1.40. The van der Waals surface area contributed by atoms with Crippen LogP contribution < -0.4 is 9.80 Å². The number of likely N-dealkylation sites (tertiary alicyclic amines) is 1. The van der Waals surface area contributed by atoms with Crippen molar-refractivity contribution in [2.24, 2.45) is 7.05 Å². The molecule has 1 fully saturated rings. The lowest BCUT2D eigenvalue weighted by molar-refractivity contribution is -0.143. The normalized spacial score (nSPS) is 19.1. The third-order valence-corrected chi connectivity index (χ3v) is 8.47. The number of hydrogen-bond donors (Lipinski definition) is 1. The number of rotatable bonds is 6. The zero-order chi connectivity index (χ0) is 34.5. The third-order valence-electron chi connectivity index (χ3n) is 8.47. The summed E-state index contributed by atoms with van der Waals surface area (Å²) in [4.78, 5) is 17.1. The second kappa shape index (κ2) is 12.4. The number of alkyl halides is 9. The van der Waals surface area contributed by atoms with Crippen LogP contribution in [0.25, 0.3) is 0 Å². The molecule has 0 bridgehead atoms. The highest BCUT2D eigenvalue weighted by Crippen LogP contribution is 2.44. The molecule has 1 amide bonds. The molecular formula is C29H30F9N7O2. The first kappa shape index (κ1) is 34.1. The number of benzene rings is 2. The molecule has 5 rings (SSSR count). The molecule has 3 heterocycles. The Morgan fingerprint density at radius 1 is 0.915 bits per heavy atom. The smallest absolute Gasteiger partial charge is 0.416 e. The van der Waals surface area contributed by atoms with Gasteiger partial charge in [0.05, 0.1) is 35.8 Å². The number of fused-ring (bicyclic) bond motifs is 1. The van der Waals surface area contributed by atoms with Gasteiger partial charge in [0.1, 0.15) is 0 Å². The SMILES string of the molecule is Cc1cc2c(cc1C(F)(F)F)N(C[C@@H]1CCCN1C(=O)O)CCCC2N(Cc1cc(C(F)(F)F)cc(C(F)(F)F)c1)c1nnn(C)n1. The van der Waals surface area contributed by atoms with Crippen molar-refractivity contribution in [3.63, 3.8) is 0 Å². The van der Waals surface area contributed by atoms with Crippen LogP contribution >= 0.6 is 0 Å². The number of aryl methyl sites for hydroxylation is 2. The molecule has 1 saturated heterocycles. The maximum atomic E-state index is 14.2. The van der Waals surface area contributed by atoms with E-state index in [1.54, 1.807) is 4.90 Å². The minimum atomic E-state index is -5.10. The van der Waals surface area contributed by atoms with E-state index in [9.17, 15) is 49.4 Å². The predicted octanol–water partition coefficient (Wildman–Crippen LogP) is 7.07. The highest BCUT2D eigenvalue weighted by molar-refractivity contribution is 5.66. The van der Waals surface area contributed by atoms with E-state index in [1.807, 2.05) is 0 Å². The highest BCUT2D eigenvalue weighted by Gasteiger charge is 2.40. The second-order valence-electron chi connectivity index (χ2n) is 11.7. The van der Waals surface area contributed by atoms with Crippen LogP contribution in [0.5, 0.6) is 0 Å². The van der Waals surface area contributed by atoms with Gasteiger partial charge in [0.25, 0.3) is 5.95 Å². The third kappa shape index (κ3) is 7.35. The molecule has 47 heavy (non-hydrogen) atoms. The van der Waals surface area contributed by atoms with Gasteiger partial charge in [-0.15, -0.1) is 5.10 Å². The van der Waals surface area contributed by atoms with Gasteiger partial charge in [-0.2, -0.15) is 44.3 Å². The molecule has 18 heteroatoms. The summed E-state index contributed by atoms with van der Waals surface area (Å²) in [6, 6.07) is 2.04. The lowest BCUT2D eigenvalue weighted by Crippen LogP contribution is -2.43. The van der Waals surface area contributed by atoms with E-state index in [-0.39, 0.29) is 54.9 Å². The van der Waals surface area contributed by atoms with Crippen LogP contribution in [0.2, 0.25) is 0 Å². The van der Waals surface area contributed by atoms with Gasteiger partial charge in [0.15, 0.2) is 0 Å². The standard InChI is InChI=1S/C29H30F9N7O2/c1-16-9-21-23(6-4-7-43(24(21)13-22(16)29(36,37)38)15-20-5-3-8-44(20)26(46)47)45(25-39-41-42(2)40-25)14-17-10-18(27(30,31)32)12-19(11-17)28(33,34)35/h9-13,20,23H,3-8,14-15H2,1-2H3,(H,46,47)/t20-,23?/m0/s1. The lowest BCUT2D eigenvalue weighted by Gasteiger charge is -2.34. The molecule has 3 aromatic rings. The summed E-state index contributed by atoms with van der Waals surface area (Å²) in [6.45, 7) is 1.24. The van der Waals surface area contributed by atoms with Crippen molar-refractivity contribution >= 4 is 17.7 Å². The van der Waals surface area contributed by atoms with Crippen LogP contribution in [0.15, 0.2) is 30.3 Å². The molecular weight excluding hydrogens is 649 g/mol. The average molecular weight is 680 g/mol. The van der Waals surface area contributed by atoms with Crippen LogP contribution in [0.1, 0.15) is 65.1 Å². The van der Waals surface area contributed by atoms with Crippen LogP contribution in [-0.2, 0) is 32.1 Å². The van der Waals surface area contributed by atoms with Gasteiger partial charge in [-0.3, -0.25) is 0 Å².